The predicted molar refractivity (Wildman–Crippen MR) is 86.9 cm³/mol. The van der Waals surface area contributed by atoms with Gasteiger partial charge < -0.3 is 15.4 Å². The molecule has 3 rings (SSSR count). The lowest BCUT2D eigenvalue weighted by Crippen LogP contribution is -2.45. The number of nitrogens with two attached hydrogens (primary N) is 1. The quantitative estimate of drug-likeness (QED) is 0.901. The highest BCUT2D eigenvalue weighted by atomic mass is 19.4. The fourth-order valence-corrected chi connectivity index (χ4v) is 3.69. The van der Waals surface area contributed by atoms with Gasteiger partial charge in [0.2, 0.25) is 5.91 Å². The summed E-state index contributed by atoms with van der Waals surface area (Å²) in [6.07, 6.45) is -2.24. The van der Waals surface area contributed by atoms with Gasteiger partial charge in [0.25, 0.3) is 0 Å². The Morgan fingerprint density at radius 1 is 1.36 bits per heavy atom. The number of hydrogen-bond donors (Lipinski definition) is 1. The molecule has 4 nitrogen and oxygen atoms in total. The smallest absolute Gasteiger partial charge is 0.405 e. The molecule has 1 aromatic carbocycles. The molecule has 0 bridgehead atoms. The Morgan fingerprint density at radius 3 is 2.76 bits per heavy atom. The summed E-state index contributed by atoms with van der Waals surface area (Å²) in [5, 5.41) is 0. The summed E-state index contributed by atoms with van der Waals surface area (Å²) in [5.74, 6) is -0.359. The van der Waals surface area contributed by atoms with Gasteiger partial charge in [-0.1, -0.05) is 18.2 Å². The van der Waals surface area contributed by atoms with Gasteiger partial charge in [0.05, 0.1) is 0 Å². The van der Waals surface area contributed by atoms with Crippen molar-refractivity contribution in [3.05, 3.63) is 29.8 Å². The molecular weight excluding hydrogens is 333 g/mol. The number of rotatable bonds is 4. The summed E-state index contributed by atoms with van der Waals surface area (Å²) in [5.41, 5.74) is 6.41. The minimum absolute atomic E-state index is 0.0251. The van der Waals surface area contributed by atoms with Crippen LogP contribution < -0.4 is 10.5 Å². The van der Waals surface area contributed by atoms with Crippen LogP contribution in [-0.4, -0.2) is 36.3 Å². The highest BCUT2D eigenvalue weighted by molar-refractivity contribution is 5.83. The van der Waals surface area contributed by atoms with Gasteiger partial charge in [-0.05, 0) is 49.7 Å². The van der Waals surface area contributed by atoms with E-state index in [0.29, 0.717) is 25.1 Å². The van der Waals surface area contributed by atoms with Crippen LogP contribution in [0.3, 0.4) is 0 Å². The summed E-state index contributed by atoms with van der Waals surface area (Å²) in [6, 6.07) is 6.12. The monoisotopic (exact) mass is 356 g/mol. The molecule has 4 unspecified atom stereocenters. The lowest BCUT2D eigenvalue weighted by atomic mass is 9.92. The SMILES string of the molecule is CC(N)C1CCCN(C(=O)C2CC2c2ccccc2OC(F)(F)F)C1. The van der Waals surface area contributed by atoms with Crippen molar-refractivity contribution >= 4 is 5.91 Å². The van der Waals surface area contributed by atoms with Gasteiger partial charge in [-0.3, -0.25) is 4.79 Å². The maximum Gasteiger partial charge on any atom is 0.573 e. The number of alkyl halides is 3. The van der Waals surface area contributed by atoms with Crippen LogP contribution in [0.1, 0.15) is 37.7 Å². The number of ether oxygens (including phenoxy) is 1. The summed E-state index contributed by atoms with van der Waals surface area (Å²) in [4.78, 5) is 14.6. The minimum atomic E-state index is -4.73. The van der Waals surface area contributed by atoms with Crippen LogP contribution in [0.4, 0.5) is 13.2 Å². The van der Waals surface area contributed by atoms with Crippen LogP contribution >= 0.6 is 0 Å². The Bertz CT molecular complexity index is 633. The average molecular weight is 356 g/mol. The number of likely N-dealkylation sites (tertiary alicyclic amines) is 1. The molecule has 1 saturated carbocycles. The molecule has 1 saturated heterocycles. The number of nitrogens with zero attached hydrogens (tertiary/aromatic N) is 1. The molecule has 0 aromatic heterocycles. The molecule has 0 radical (unpaired) electrons. The zero-order valence-electron chi connectivity index (χ0n) is 14.1. The van der Waals surface area contributed by atoms with Crippen LogP contribution in [0, 0.1) is 11.8 Å². The lowest BCUT2D eigenvalue weighted by molar-refractivity contribution is -0.274. The zero-order valence-corrected chi connectivity index (χ0v) is 14.1. The summed E-state index contributed by atoms with van der Waals surface area (Å²) < 4.78 is 41.8. The van der Waals surface area contributed by atoms with Crippen LogP contribution in [0.2, 0.25) is 0 Å². The van der Waals surface area contributed by atoms with Crippen LogP contribution in [-0.2, 0) is 4.79 Å². The van der Waals surface area contributed by atoms with Crippen molar-refractivity contribution < 1.29 is 22.7 Å². The second-order valence-electron chi connectivity index (χ2n) is 7.08. The Hall–Kier alpha value is -1.76. The van der Waals surface area contributed by atoms with E-state index < -0.39 is 6.36 Å². The van der Waals surface area contributed by atoms with Crippen molar-refractivity contribution in [3.63, 3.8) is 0 Å². The van der Waals surface area contributed by atoms with Gasteiger partial charge in [0, 0.05) is 25.0 Å². The van der Waals surface area contributed by atoms with E-state index in [1.165, 1.54) is 12.1 Å². The van der Waals surface area contributed by atoms with E-state index in [1.54, 1.807) is 12.1 Å². The number of piperidine rings is 1. The van der Waals surface area contributed by atoms with Crippen molar-refractivity contribution in [3.8, 4) is 5.75 Å². The molecule has 1 heterocycles. The van der Waals surface area contributed by atoms with Gasteiger partial charge in [0.15, 0.2) is 0 Å². The third kappa shape index (κ3) is 4.26. The number of carbonyl (C=O) groups excluding carboxylic acids is 1. The van der Waals surface area contributed by atoms with E-state index >= 15 is 0 Å². The van der Waals surface area contributed by atoms with Crippen LogP contribution in [0.5, 0.6) is 5.75 Å². The zero-order chi connectivity index (χ0) is 18.2. The van der Waals surface area contributed by atoms with Gasteiger partial charge in [-0.15, -0.1) is 13.2 Å². The Labute approximate surface area is 145 Å². The van der Waals surface area contributed by atoms with Gasteiger partial charge in [0.1, 0.15) is 5.75 Å². The Kier molecular flexibility index (Phi) is 4.95. The first kappa shape index (κ1) is 18.0. The van der Waals surface area contributed by atoms with E-state index in [0.717, 1.165) is 12.8 Å². The molecule has 25 heavy (non-hydrogen) atoms. The molecular formula is C18H23F3N2O2. The summed E-state index contributed by atoms with van der Waals surface area (Å²) >= 11 is 0. The van der Waals surface area contributed by atoms with Crippen molar-refractivity contribution in [1.29, 1.82) is 0 Å². The normalized spacial score (nSPS) is 27.7. The molecule has 2 N–H and O–H groups in total. The largest absolute Gasteiger partial charge is 0.573 e. The number of benzene rings is 1. The average Bonchev–Trinajstić information content (AvgIpc) is 3.33. The second kappa shape index (κ2) is 6.86. The fourth-order valence-electron chi connectivity index (χ4n) is 3.69. The van der Waals surface area contributed by atoms with E-state index in [9.17, 15) is 18.0 Å². The maximum atomic E-state index is 12.7. The molecule has 2 fully saturated rings. The first-order chi connectivity index (χ1) is 11.8. The molecule has 0 spiro atoms. The van der Waals surface area contributed by atoms with E-state index in [2.05, 4.69) is 4.74 Å². The molecule has 2 aliphatic rings. The van der Waals surface area contributed by atoms with Gasteiger partial charge in [-0.2, -0.15) is 0 Å². The second-order valence-corrected chi connectivity index (χ2v) is 7.08. The Balaban J connectivity index is 1.67. The molecule has 1 aliphatic carbocycles. The standard InChI is InChI=1S/C18H23F3N2O2/c1-11(22)12-5-4-8-23(10-12)17(24)15-9-14(15)13-6-2-3-7-16(13)25-18(19,20)21/h2-3,6-7,11-12,14-15H,4-5,8-10,22H2,1H3. The molecule has 4 atom stereocenters. The van der Waals surface area contributed by atoms with E-state index in [-0.39, 0.29) is 35.5 Å². The number of hydrogen-bond acceptors (Lipinski definition) is 3. The first-order valence-corrected chi connectivity index (χ1v) is 8.65. The van der Waals surface area contributed by atoms with Gasteiger partial charge in [-0.25, -0.2) is 0 Å². The number of amides is 1. The third-order valence-electron chi connectivity index (χ3n) is 5.16. The van der Waals surface area contributed by atoms with E-state index in [4.69, 9.17) is 5.73 Å². The molecule has 1 aliphatic heterocycles. The molecule has 138 valence electrons. The Morgan fingerprint density at radius 2 is 2.08 bits per heavy atom. The van der Waals surface area contributed by atoms with E-state index in [1.807, 2.05) is 11.8 Å². The third-order valence-corrected chi connectivity index (χ3v) is 5.16. The lowest BCUT2D eigenvalue weighted by Gasteiger charge is -2.35. The van der Waals surface area contributed by atoms with Crippen molar-refractivity contribution in [1.82, 2.24) is 4.90 Å². The van der Waals surface area contributed by atoms with Crippen molar-refractivity contribution in [2.75, 3.05) is 13.1 Å². The minimum Gasteiger partial charge on any atom is -0.405 e. The molecule has 1 amide bonds. The van der Waals surface area contributed by atoms with Crippen molar-refractivity contribution in [2.24, 2.45) is 17.6 Å². The number of halogens is 3. The topological polar surface area (TPSA) is 55.6 Å². The highest BCUT2D eigenvalue weighted by Gasteiger charge is 2.48. The number of carbonyl (C=O) groups is 1. The van der Waals surface area contributed by atoms with Crippen LogP contribution in [0.15, 0.2) is 24.3 Å². The van der Waals surface area contributed by atoms with Gasteiger partial charge >= 0.3 is 6.36 Å². The van der Waals surface area contributed by atoms with Crippen molar-refractivity contribution in [2.45, 2.75) is 44.5 Å². The highest BCUT2D eigenvalue weighted by Crippen LogP contribution is 2.52. The number of para-hydroxylation sites is 1. The fraction of sp³-hybridized carbons (Fsp3) is 0.611. The first-order valence-electron chi connectivity index (χ1n) is 8.65. The predicted octanol–water partition coefficient (Wildman–Crippen LogP) is 3.27. The summed E-state index contributed by atoms with van der Waals surface area (Å²) in [7, 11) is 0. The summed E-state index contributed by atoms with van der Waals surface area (Å²) in [6.45, 7) is 3.29. The van der Waals surface area contributed by atoms with Crippen LogP contribution in [0.25, 0.3) is 0 Å². The molecule has 7 heteroatoms. The molecule has 1 aromatic rings. The maximum absolute atomic E-state index is 12.7.